The van der Waals surface area contributed by atoms with E-state index in [1.54, 1.807) is 17.5 Å². The fourth-order valence-electron chi connectivity index (χ4n) is 1.90. The Bertz CT molecular complexity index is 707. The second kappa shape index (κ2) is 5.23. The lowest BCUT2D eigenvalue weighted by atomic mass is 10.1. The molecule has 0 aliphatic heterocycles. The first-order valence-corrected chi connectivity index (χ1v) is 7.50. The molecule has 0 N–H and O–H groups in total. The van der Waals surface area contributed by atoms with Gasteiger partial charge in [-0.05, 0) is 25.1 Å². The van der Waals surface area contributed by atoms with Crippen LogP contribution in [0.3, 0.4) is 0 Å². The summed E-state index contributed by atoms with van der Waals surface area (Å²) >= 11 is 5.26. The zero-order valence-corrected chi connectivity index (χ0v) is 12.7. The predicted molar refractivity (Wildman–Crippen MR) is 83.2 cm³/mol. The van der Waals surface area contributed by atoms with Crippen molar-refractivity contribution in [3.63, 3.8) is 0 Å². The second-order valence-electron chi connectivity index (χ2n) is 4.12. The summed E-state index contributed by atoms with van der Waals surface area (Å²) in [6, 6.07) is 14.0. The molecule has 2 nitrogen and oxygen atoms in total. The van der Waals surface area contributed by atoms with Gasteiger partial charge >= 0.3 is 0 Å². The van der Waals surface area contributed by atoms with Crippen LogP contribution in [0.4, 0.5) is 0 Å². The fraction of sp³-hybridized carbons (Fsp3) is 0.0667. The van der Waals surface area contributed by atoms with E-state index >= 15 is 0 Å². The lowest BCUT2D eigenvalue weighted by Crippen LogP contribution is -1.84. The number of hydrogen-bond acceptors (Lipinski definition) is 3. The molecule has 0 unspecified atom stereocenters. The third kappa shape index (κ3) is 2.46. The number of benzene rings is 1. The molecule has 2 aromatic heterocycles. The van der Waals surface area contributed by atoms with E-state index in [0.29, 0.717) is 0 Å². The minimum Gasteiger partial charge on any atom is -0.254 e. The maximum atomic E-state index is 4.74. The molecular weight excluding hydrogens is 320 g/mol. The van der Waals surface area contributed by atoms with Gasteiger partial charge in [0.25, 0.3) is 0 Å². The van der Waals surface area contributed by atoms with Crippen LogP contribution in [0.15, 0.2) is 53.1 Å². The second-order valence-corrected chi connectivity index (χ2v) is 6.18. The van der Waals surface area contributed by atoms with Gasteiger partial charge in [-0.3, -0.25) is 4.98 Å². The highest BCUT2D eigenvalue weighted by Crippen LogP contribution is 2.35. The van der Waals surface area contributed by atoms with Gasteiger partial charge < -0.3 is 0 Å². The zero-order chi connectivity index (χ0) is 13.2. The van der Waals surface area contributed by atoms with E-state index in [4.69, 9.17) is 4.98 Å². The van der Waals surface area contributed by atoms with Crippen molar-refractivity contribution in [2.24, 2.45) is 0 Å². The van der Waals surface area contributed by atoms with Crippen LogP contribution in [0, 0.1) is 6.92 Å². The van der Waals surface area contributed by atoms with Crippen molar-refractivity contribution >= 4 is 27.3 Å². The summed E-state index contributed by atoms with van der Waals surface area (Å²) in [5.74, 6) is 0. The van der Waals surface area contributed by atoms with Crippen LogP contribution in [-0.4, -0.2) is 9.97 Å². The Labute approximate surface area is 124 Å². The van der Waals surface area contributed by atoms with Gasteiger partial charge in [-0.15, -0.1) is 11.3 Å². The number of halogens is 1. The maximum absolute atomic E-state index is 4.74. The lowest BCUT2D eigenvalue weighted by Gasteiger charge is -2.01. The monoisotopic (exact) mass is 330 g/mol. The highest BCUT2D eigenvalue weighted by molar-refractivity contribution is 9.10. The molecule has 94 valence electrons. The van der Waals surface area contributed by atoms with Crippen molar-refractivity contribution in [1.29, 1.82) is 0 Å². The Morgan fingerprint density at radius 2 is 1.84 bits per heavy atom. The van der Waals surface area contributed by atoms with Crippen LogP contribution in [0.2, 0.25) is 0 Å². The van der Waals surface area contributed by atoms with Gasteiger partial charge in [-0.2, -0.15) is 0 Å². The van der Waals surface area contributed by atoms with E-state index in [1.165, 1.54) is 4.88 Å². The van der Waals surface area contributed by atoms with Crippen molar-refractivity contribution in [3.8, 4) is 22.0 Å². The summed E-state index contributed by atoms with van der Waals surface area (Å²) in [6.07, 6.45) is 1.80. The summed E-state index contributed by atoms with van der Waals surface area (Å²) < 4.78 is 1.07. The third-order valence-electron chi connectivity index (χ3n) is 2.81. The molecule has 1 aromatic carbocycles. The summed E-state index contributed by atoms with van der Waals surface area (Å²) in [4.78, 5) is 10.3. The number of hydrogen-bond donors (Lipinski definition) is 0. The van der Waals surface area contributed by atoms with E-state index in [9.17, 15) is 0 Å². The number of thiazole rings is 1. The molecule has 0 bridgehead atoms. The Kier molecular flexibility index (Phi) is 3.44. The van der Waals surface area contributed by atoms with Gasteiger partial charge in [0.05, 0.1) is 11.4 Å². The van der Waals surface area contributed by atoms with Gasteiger partial charge in [0.2, 0.25) is 0 Å². The van der Waals surface area contributed by atoms with Gasteiger partial charge in [0.1, 0.15) is 5.01 Å². The van der Waals surface area contributed by atoms with E-state index in [2.05, 4.69) is 33.9 Å². The quantitative estimate of drug-likeness (QED) is 0.664. The molecule has 2 heterocycles. The first-order chi connectivity index (χ1) is 9.25. The number of aromatic nitrogens is 2. The highest BCUT2D eigenvalue weighted by atomic mass is 79.9. The van der Waals surface area contributed by atoms with E-state index in [0.717, 1.165) is 26.4 Å². The molecule has 0 radical (unpaired) electrons. The van der Waals surface area contributed by atoms with Crippen LogP contribution in [-0.2, 0) is 0 Å². The topological polar surface area (TPSA) is 25.8 Å². The maximum Gasteiger partial charge on any atom is 0.142 e. The van der Waals surface area contributed by atoms with Crippen molar-refractivity contribution in [2.75, 3.05) is 0 Å². The summed E-state index contributed by atoms with van der Waals surface area (Å²) in [6.45, 7) is 2.10. The van der Waals surface area contributed by atoms with Gasteiger partial charge in [-0.1, -0.05) is 40.2 Å². The Morgan fingerprint density at radius 3 is 2.58 bits per heavy atom. The number of rotatable bonds is 2. The average Bonchev–Trinajstić information content (AvgIpc) is 2.82. The van der Waals surface area contributed by atoms with Gasteiger partial charge in [-0.25, -0.2) is 4.98 Å². The average molecular weight is 331 g/mol. The Balaban J connectivity index is 2.11. The summed E-state index contributed by atoms with van der Waals surface area (Å²) in [7, 11) is 0. The van der Waals surface area contributed by atoms with E-state index in [1.807, 2.05) is 36.4 Å². The molecular formula is C15H11BrN2S. The van der Waals surface area contributed by atoms with E-state index in [-0.39, 0.29) is 0 Å². The molecule has 19 heavy (non-hydrogen) atoms. The highest BCUT2D eigenvalue weighted by Gasteiger charge is 2.13. The summed E-state index contributed by atoms with van der Waals surface area (Å²) in [5.41, 5.74) is 3.07. The minimum atomic E-state index is 0.925. The third-order valence-corrected chi connectivity index (χ3v) is 4.49. The zero-order valence-electron chi connectivity index (χ0n) is 10.3. The van der Waals surface area contributed by atoms with Crippen molar-refractivity contribution in [1.82, 2.24) is 9.97 Å². The fourth-order valence-corrected chi connectivity index (χ4v) is 3.28. The molecule has 0 atom stereocenters. The SMILES string of the molecule is Cc1sc(-c2ccccn2)nc1-c1ccccc1Br. The Hall–Kier alpha value is -1.52. The first kappa shape index (κ1) is 12.5. The standard InChI is InChI=1S/C15H11BrN2S/c1-10-14(11-6-2-3-7-12(11)16)18-15(19-10)13-8-4-5-9-17-13/h2-9H,1H3. The largest absolute Gasteiger partial charge is 0.254 e. The first-order valence-electron chi connectivity index (χ1n) is 5.89. The molecule has 0 aliphatic carbocycles. The molecule has 3 rings (SSSR count). The molecule has 0 saturated carbocycles. The molecule has 0 amide bonds. The van der Waals surface area contributed by atoms with Crippen LogP contribution in [0.25, 0.3) is 22.0 Å². The lowest BCUT2D eigenvalue weighted by molar-refractivity contribution is 1.28. The molecule has 0 aliphatic rings. The van der Waals surface area contributed by atoms with Crippen molar-refractivity contribution < 1.29 is 0 Å². The molecule has 3 aromatic rings. The van der Waals surface area contributed by atoms with Crippen molar-refractivity contribution in [2.45, 2.75) is 6.92 Å². The molecule has 0 spiro atoms. The summed E-state index contributed by atoms with van der Waals surface area (Å²) in [5, 5.41) is 0.962. The van der Waals surface area contributed by atoms with Gasteiger partial charge in [0, 0.05) is 21.1 Å². The van der Waals surface area contributed by atoms with Gasteiger partial charge in [0.15, 0.2) is 0 Å². The molecule has 4 heteroatoms. The van der Waals surface area contributed by atoms with E-state index < -0.39 is 0 Å². The molecule has 0 fully saturated rings. The van der Waals surface area contributed by atoms with Crippen molar-refractivity contribution in [3.05, 3.63) is 58.0 Å². The van der Waals surface area contributed by atoms with Crippen LogP contribution < -0.4 is 0 Å². The normalized spacial score (nSPS) is 10.6. The number of nitrogens with zero attached hydrogens (tertiary/aromatic N) is 2. The van der Waals surface area contributed by atoms with Crippen LogP contribution >= 0.6 is 27.3 Å². The Morgan fingerprint density at radius 1 is 1.05 bits per heavy atom. The predicted octanol–water partition coefficient (Wildman–Crippen LogP) is 4.94. The minimum absolute atomic E-state index is 0.925. The smallest absolute Gasteiger partial charge is 0.142 e. The van der Waals surface area contributed by atoms with Crippen LogP contribution in [0.1, 0.15) is 4.88 Å². The number of pyridine rings is 1. The number of aryl methyl sites for hydroxylation is 1. The molecule has 0 saturated heterocycles. The van der Waals surface area contributed by atoms with Crippen LogP contribution in [0.5, 0.6) is 0 Å².